The Morgan fingerprint density at radius 3 is 2.89 bits per heavy atom. The first-order valence-corrected chi connectivity index (χ1v) is 8.07. The molecule has 1 unspecified atom stereocenters. The van der Waals surface area contributed by atoms with Crippen LogP contribution in [0, 0.1) is 5.92 Å². The summed E-state index contributed by atoms with van der Waals surface area (Å²) in [7, 11) is 1.78. The molecule has 1 aliphatic carbocycles. The highest BCUT2D eigenvalue weighted by atomic mass is 32.1. The van der Waals surface area contributed by atoms with Crippen molar-refractivity contribution in [2.75, 3.05) is 13.7 Å². The minimum atomic E-state index is 0.489. The molecule has 0 radical (unpaired) electrons. The molecule has 2 rings (SSSR count). The first-order chi connectivity index (χ1) is 8.85. The Morgan fingerprint density at radius 2 is 2.22 bits per heavy atom. The van der Waals surface area contributed by atoms with E-state index in [1.807, 2.05) is 11.3 Å². The summed E-state index contributed by atoms with van der Waals surface area (Å²) in [5.41, 5.74) is 0. The summed E-state index contributed by atoms with van der Waals surface area (Å²) in [5.74, 6) is 1.97. The van der Waals surface area contributed by atoms with Gasteiger partial charge in [-0.1, -0.05) is 32.6 Å². The highest BCUT2D eigenvalue weighted by molar-refractivity contribution is 7.10. The van der Waals surface area contributed by atoms with Crippen molar-refractivity contribution in [3.8, 4) is 5.75 Å². The molecule has 0 spiro atoms. The maximum atomic E-state index is 5.48. The fraction of sp³-hybridized carbons (Fsp3) is 0.733. The van der Waals surface area contributed by atoms with Gasteiger partial charge >= 0.3 is 0 Å². The van der Waals surface area contributed by atoms with Gasteiger partial charge in [-0.2, -0.15) is 0 Å². The fourth-order valence-electron chi connectivity index (χ4n) is 2.91. The van der Waals surface area contributed by atoms with Crippen LogP contribution in [0.2, 0.25) is 0 Å². The largest absolute Gasteiger partial charge is 0.496 e. The van der Waals surface area contributed by atoms with Crippen LogP contribution in [0.5, 0.6) is 5.75 Å². The van der Waals surface area contributed by atoms with E-state index in [9.17, 15) is 0 Å². The zero-order valence-corrected chi connectivity index (χ0v) is 12.4. The molecule has 1 aromatic heterocycles. The molecule has 1 aromatic rings. The quantitative estimate of drug-likeness (QED) is 0.791. The minimum Gasteiger partial charge on any atom is -0.496 e. The number of thiophene rings is 1. The van der Waals surface area contributed by atoms with E-state index in [1.165, 1.54) is 43.4 Å². The lowest BCUT2D eigenvalue weighted by molar-refractivity contribution is 0.373. The van der Waals surface area contributed by atoms with Crippen molar-refractivity contribution in [1.29, 1.82) is 0 Å². The Labute approximate surface area is 115 Å². The Balaban J connectivity index is 2.03. The van der Waals surface area contributed by atoms with Gasteiger partial charge in [0.2, 0.25) is 0 Å². The van der Waals surface area contributed by atoms with E-state index in [2.05, 4.69) is 23.7 Å². The molecule has 1 atom stereocenters. The molecule has 102 valence electrons. The van der Waals surface area contributed by atoms with Gasteiger partial charge in [-0.25, -0.2) is 0 Å². The maximum Gasteiger partial charge on any atom is 0.134 e. The van der Waals surface area contributed by atoms with Gasteiger partial charge in [0.15, 0.2) is 0 Å². The SMILES string of the molecule is CCCNC(CC1CCCC1)c1sccc1OC. The molecule has 1 fully saturated rings. The molecule has 0 aromatic carbocycles. The smallest absolute Gasteiger partial charge is 0.134 e. The molecule has 0 aliphatic heterocycles. The van der Waals surface area contributed by atoms with Gasteiger partial charge in [-0.3, -0.25) is 0 Å². The lowest BCUT2D eigenvalue weighted by atomic mass is 9.97. The van der Waals surface area contributed by atoms with Gasteiger partial charge in [0.05, 0.1) is 12.0 Å². The Morgan fingerprint density at radius 1 is 1.44 bits per heavy atom. The third kappa shape index (κ3) is 3.48. The predicted molar refractivity (Wildman–Crippen MR) is 78.5 cm³/mol. The third-order valence-electron chi connectivity index (χ3n) is 3.88. The highest BCUT2D eigenvalue weighted by Gasteiger charge is 2.23. The molecule has 0 amide bonds. The second kappa shape index (κ2) is 7.15. The van der Waals surface area contributed by atoms with E-state index in [1.54, 1.807) is 7.11 Å². The van der Waals surface area contributed by atoms with Gasteiger partial charge in [-0.05, 0) is 36.8 Å². The molecule has 0 saturated heterocycles. The van der Waals surface area contributed by atoms with Crippen molar-refractivity contribution in [3.05, 3.63) is 16.3 Å². The van der Waals surface area contributed by atoms with Crippen molar-refractivity contribution < 1.29 is 4.74 Å². The van der Waals surface area contributed by atoms with Gasteiger partial charge in [0.1, 0.15) is 5.75 Å². The number of hydrogen-bond donors (Lipinski definition) is 1. The summed E-state index contributed by atoms with van der Waals surface area (Å²) in [6.45, 7) is 3.32. The molecule has 1 saturated carbocycles. The lowest BCUT2D eigenvalue weighted by Gasteiger charge is -2.22. The predicted octanol–water partition coefficient (Wildman–Crippen LogP) is 4.38. The molecule has 3 heteroatoms. The first kappa shape index (κ1) is 13.9. The second-order valence-electron chi connectivity index (χ2n) is 5.25. The molecule has 1 aliphatic rings. The van der Waals surface area contributed by atoms with Crippen molar-refractivity contribution in [3.63, 3.8) is 0 Å². The normalized spacial score (nSPS) is 18.1. The summed E-state index contributed by atoms with van der Waals surface area (Å²) >= 11 is 1.83. The first-order valence-electron chi connectivity index (χ1n) is 7.20. The average molecular weight is 267 g/mol. The third-order valence-corrected chi connectivity index (χ3v) is 4.89. The van der Waals surface area contributed by atoms with Crippen molar-refractivity contribution in [2.45, 2.75) is 51.5 Å². The molecule has 1 heterocycles. The van der Waals surface area contributed by atoms with E-state index >= 15 is 0 Å². The zero-order valence-electron chi connectivity index (χ0n) is 11.6. The summed E-state index contributed by atoms with van der Waals surface area (Å²) in [6, 6.07) is 2.58. The fourth-order valence-corrected chi connectivity index (χ4v) is 3.86. The van der Waals surface area contributed by atoms with E-state index in [-0.39, 0.29) is 0 Å². The Hall–Kier alpha value is -0.540. The standard InChI is InChI=1S/C15H25NOS/c1-3-9-16-13(11-12-6-4-5-7-12)15-14(17-2)8-10-18-15/h8,10,12-13,16H,3-7,9,11H2,1-2H3. The minimum absolute atomic E-state index is 0.489. The monoisotopic (exact) mass is 267 g/mol. The lowest BCUT2D eigenvalue weighted by Crippen LogP contribution is -2.23. The van der Waals surface area contributed by atoms with Gasteiger partial charge in [-0.15, -0.1) is 11.3 Å². The zero-order chi connectivity index (χ0) is 12.8. The Bertz CT molecular complexity index is 344. The summed E-state index contributed by atoms with van der Waals surface area (Å²) < 4.78 is 5.48. The molecule has 2 nitrogen and oxygen atoms in total. The average Bonchev–Trinajstić information content (AvgIpc) is 3.04. The molecular weight excluding hydrogens is 242 g/mol. The van der Waals surface area contributed by atoms with Crippen LogP contribution in [0.15, 0.2) is 11.4 Å². The van der Waals surface area contributed by atoms with Crippen LogP contribution < -0.4 is 10.1 Å². The van der Waals surface area contributed by atoms with E-state index in [4.69, 9.17) is 4.74 Å². The summed E-state index contributed by atoms with van der Waals surface area (Å²) in [4.78, 5) is 1.39. The number of nitrogens with one attached hydrogen (secondary N) is 1. The number of ether oxygens (including phenoxy) is 1. The molecule has 18 heavy (non-hydrogen) atoms. The van der Waals surface area contributed by atoms with Crippen LogP contribution in [0.1, 0.15) is 56.4 Å². The summed E-state index contributed by atoms with van der Waals surface area (Å²) in [6.07, 6.45) is 8.14. The van der Waals surface area contributed by atoms with Crippen LogP contribution in [-0.2, 0) is 0 Å². The number of hydrogen-bond acceptors (Lipinski definition) is 3. The van der Waals surface area contributed by atoms with Crippen molar-refractivity contribution >= 4 is 11.3 Å². The van der Waals surface area contributed by atoms with Crippen molar-refractivity contribution in [2.24, 2.45) is 5.92 Å². The number of methoxy groups -OCH3 is 1. The van der Waals surface area contributed by atoms with Crippen LogP contribution in [0.25, 0.3) is 0 Å². The van der Waals surface area contributed by atoms with E-state index in [0.29, 0.717) is 6.04 Å². The van der Waals surface area contributed by atoms with Crippen molar-refractivity contribution in [1.82, 2.24) is 5.32 Å². The molecular formula is C15H25NOS. The van der Waals surface area contributed by atoms with Gasteiger partial charge < -0.3 is 10.1 Å². The van der Waals surface area contributed by atoms with E-state index < -0.39 is 0 Å². The second-order valence-corrected chi connectivity index (χ2v) is 6.19. The van der Waals surface area contributed by atoms with Crippen LogP contribution in [0.3, 0.4) is 0 Å². The van der Waals surface area contributed by atoms with Gasteiger partial charge in [0, 0.05) is 6.04 Å². The van der Waals surface area contributed by atoms with Gasteiger partial charge in [0.25, 0.3) is 0 Å². The molecule has 0 bridgehead atoms. The topological polar surface area (TPSA) is 21.3 Å². The maximum absolute atomic E-state index is 5.48. The van der Waals surface area contributed by atoms with E-state index in [0.717, 1.165) is 18.2 Å². The highest BCUT2D eigenvalue weighted by Crippen LogP contribution is 2.38. The van der Waals surface area contributed by atoms with Crippen LogP contribution >= 0.6 is 11.3 Å². The Kier molecular flexibility index (Phi) is 5.51. The molecule has 1 N–H and O–H groups in total. The van der Waals surface area contributed by atoms with Crippen LogP contribution in [0.4, 0.5) is 0 Å². The summed E-state index contributed by atoms with van der Waals surface area (Å²) in [5, 5.41) is 5.85. The number of rotatable bonds is 7. The van der Waals surface area contributed by atoms with Crippen LogP contribution in [-0.4, -0.2) is 13.7 Å².